The first kappa shape index (κ1) is 23.7. The number of aromatic hydroxyl groups is 1. The van der Waals surface area contributed by atoms with E-state index in [0.717, 1.165) is 11.3 Å². The lowest BCUT2D eigenvalue weighted by Crippen LogP contribution is -2.38. The van der Waals surface area contributed by atoms with E-state index in [-0.39, 0.29) is 37.1 Å². The van der Waals surface area contributed by atoms with Crippen LogP contribution in [0.25, 0.3) is 0 Å². The van der Waals surface area contributed by atoms with Gasteiger partial charge in [-0.25, -0.2) is 0 Å². The van der Waals surface area contributed by atoms with Crippen molar-refractivity contribution in [3.8, 4) is 11.5 Å². The lowest BCUT2D eigenvalue weighted by atomic mass is 9.69. The molecule has 2 aromatic carbocycles. The maximum atomic E-state index is 13.6. The quantitative estimate of drug-likeness (QED) is 0.489. The zero-order valence-corrected chi connectivity index (χ0v) is 19.6. The van der Waals surface area contributed by atoms with Crippen molar-refractivity contribution >= 4 is 17.5 Å². The van der Waals surface area contributed by atoms with Crippen LogP contribution in [0.15, 0.2) is 64.8 Å². The second-order valence-corrected chi connectivity index (χ2v) is 8.56. The molecule has 1 N–H and O–H groups in total. The van der Waals surface area contributed by atoms with E-state index in [1.807, 2.05) is 24.3 Å². The Morgan fingerprint density at radius 1 is 1.03 bits per heavy atom. The summed E-state index contributed by atoms with van der Waals surface area (Å²) in [5.41, 5.74) is 3.16. The smallest absolute Gasteiger partial charge is 0.315 e. The van der Waals surface area contributed by atoms with Crippen molar-refractivity contribution in [2.45, 2.75) is 31.6 Å². The molecule has 0 spiro atoms. The van der Waals surface area contributed by atoms with Crippen LogP contribution < -0.4 is 4.74 Å². The third-order valence-corrected chi connectivity index (χ3v) is 6.52. The second kappa shape index (κ2) is 10.2. The number of para-hydroxylation sites is 2. The number of phenols is 1. The van der Waals surface area contributed by atoms with Crippen LogP contribution in [0.3, 0.4) is 0 Å². The number of phenolic OH excluding ortho intramolecular Hbond substituents is 1. The molecule has 0 fully saturated rings. The van der Waals surface area contributed by atoms with Gasteiger partial charge in [0.25, 0.3) is 0 Å². The van der Waals surface area contributed by atoms with Crippen molar-refractivity contribution in [2.24, 2.45) is 10.9 Å². The van der Waals surface area contributed by atoms with Crippen LogP contribution in [-0.4, -0.2) is 50.0 Å². The van der Waals surface area contributed by atoms with Crippen LogP contribution in [0, 0.1) is 5.92 Å². The Kier molecular flexibility index (Phi) is 7.12. The highest BCUT2D eigenvalue weighted by atomic mass is 16.6. The van der Waals surface area contributed by atoms with Crippen molar-refractivity contribution in [1.82, 2.24) is 0 Å². The van der Waals surface area contributed by atoms with Gasteiger partial charge in [0.2, 0.25) is 0 Å². The molecule has 2 aromatic rings. The number of hydrogen-bond donors (Lipinski definition) is 1. The SMILES string of the molecule is COCCOC(=O)C1C(C)=NC2=C(C(=O)CC(c3ccccc3OC)C2)C1c1ccccc1O. The summed E-state index contributed by atoms with van der Waals surface area (Å²) in [6.07, 6.45) is 0.803. The lowest BCUT2D eigenvalue weighted by Gasteiger charge is -2.36. The van der Waals surface area contributed by atoms with Gasteiger partial charge < -0.3 is 19.3 Å². The summed E-state index contributed by atoms with van der Waals surface area (Å²) in [5.74, 6) is -1.38. The van der Waals surface area contributed by atoms with Gasteiger partial charge in [-0.1, -0.05) is 36.4 Å². The standard InChI is InChI=1S/C27H29NO6/c1-16-24(27(31)34-13-12-32-2)25(19-9-4-6-10-21(19)29)26-20(28-16)14-17(15-22(26)30)18-8-5-7-11-23(18)33-3/h4-11,17,24-25,29H,12-15H2,1-3H3. The molecular formula is C27H29NO6. The Morgan fingerprint density at radius 3 is 2.44 bits per heavy atom. The maximum Gasteiger partial charge on any atom is 0.315 e. The highest BCUT2D eigenvalue weighted by Crippen LogP contribution is 2.49. The second-order valence-electron chi connectivity index (χ2n) is 8.56. The van der Waals surface area contributed by atoms with Gasteiger partial charge in [-0.15, -0.1) is 0 Å². The van der Waals surface area contributed by atoms with E-state index < -0.39 is 17.8 Å². The zero-order chi connectivity index (χ0) is 24.2. The Balaban J connectivity index is 1.77. The number of nitrogens with zero attached hydrogens (tertiary/aromatic N) is 1. The molecule has 0 bridgehead atoms. The third-order valence-electron chi connectivity index (χ3n) is 6.52. The van der Waals surface area contributed by atoms with Crippen LogP contribution in [0.5, 0.6) is 11.5 Å². The van der Waals surface area contributed by atoms with Crippen molar-refractivity contribution < 1.29 is 28.9 Å². The van der Waals surface area contributed by atoms with E-state index in [1.54, 1.807) is 38.3 Å². The molecule has 1 aliphatic carbocycles. The number of carbonyl (C=O) groups is 2. The predicted molar refractivity (Wildman–Crippen MR) is 127 cm³/mol. The summed E-state index contributed by atoms with van der Waals surface area (Å²) in [6.45, 7) is 2.14. The van der Waals surface area contributed by atoms with Gasteiger partial charge in [-0.2, -0.15) is 0 Å². The first-order chi connectivity index (χ1) is 16.5. The summed E-state index contributed by atoms with van der Waals surface area (Å²) in [6, 6.07) is 14.5. The van der Waals surface area contributed by atoms with Gasteiger partial charge in [0.05, 0.1) is 13.7 Å². The van der Waals surface area contributed by atoms with Crippen LogP contribution in [0.2, 0.25) is 0 Å². The molecule has 7 heteroatoms. The average molecular weight is 464 g/mol. The van der Waals surface area contributed by atoms with Crippen molar-refractivity contribution in [3.63, 3.8) is 0 Å². The lowest BCUT2D eigenvalue weighted by molar-refractivity contribution is -0.147. The first-order valence-corrected chi connectivity index (χ1v) is 11.3. The van der Waals surface area contributed by atoms with Gasteiger partial charge in [0.1, 0.15) is 24.0 Å². The number of Topliss-reactive ketones (excluding diaryl/α,β-unsaturated/α-hetero) is 1. The molecule has 1 heterocycles. The Labute approximate surface area is 199 Å². The fraction of sp³-hybridized carbons (Fsp3) is 0.370. The fourth-order valence-electron chi connectivity index (χ4n) is 4.99. The number of carbonyl (C=O) groups excluding carboxylic acids is 2. The molecule has 178 valence electrons. The predicted octanol–water partition coefficient (Wildman–Crippen LogP) is 4.17. The molecule has 3 atom stereocenters. The average Bonchev–Trinajstić information content (AvgIpc) is 2.83. The topological polar surface area (TPSA) is 94.4 Å². The summed E-state index contributed by atoms with van der Waals surface area (Å²) < 4.78 is 16.0. The largest absolute Gasteiger partial charge is 0.508 e. The summed E-state index contributed by atoms with van der Waals surface area (Å²) in [4.78, 5) is 31.5. The zero-order valence-electron chi connectivity index (χ0n) is 19.6. The Morgan fingerprint density at radius 2 is 1.74 bits per heavy atom. The minimum atomic E-state index is -0.810. The van der Waals surface area contributed by atoms with Gasteiger partial charge in [-0.05, 0) is 31.0 Å². The number of allylic oxidation sites excluding steroid dienone is 2. The molecule has 3 unspecified atom stereocenters. The number of aliphatic imine (C=N–C) groups is 1. The molecule has 2 aliphatic rings. The van der Waals surface area contributed by atoms with E-state index in [4.69, 9.17) is 19.2 Å². The van der Waals surface area contributed by atoms with Gasteiger partial charge in [-0.3, -0.25) is 14.6 Å². The number of ketones is 1. The number of ether oxygens (including phenoxy) is 3. The molecular weight excluding hydrogens is 434 g/mol. The van der Waals surface area contributed by atoms with Crippen molar-refractivity contribution in [1.29, 1.82) is 0 Å². The van der Waals surface area contributed by atoms with Crippen LogP contribution in [0.1, 0.15) is 42.7 Å². The molecule has 0 saturated heterocycles. The van der Waals surface area contributed by atoms with Gasteiger partial charge >= 0.3 is 5.97 Å². The van der Waals surface area contributed by atoms with Crippen molar-refractivity contribution in [3.05, 3.63) is 70.9 Å². The maximum absolute atomic E-state index is 13.6. The van der Waals surface area contributed by atoms with E-state index in [9.17, 15) is 14.7 Å². The van der Waals surface area contributed by atoms with Gasteiger partial charge in [0, 0.05) is 47.9 Å². The van der Waals surface area contributed by atoms with Crippen LogP contribution in [0.4, 0.5) is 0 Å². The number of methoxy groups -OCH3 is 2. The Bertz CT molecular complexity index is 1150. The minimum absolute atomic E-state index is 0.0309. The summed E-state index contributed by atoms with van der Waals surface area (Å²) in [7, 11) is 3.15. The fourth-order valence-corrected chi connectivity index (χ4v) is 4.99. The highest BCUT2D eigenvalue weighted by Gasteiger charge is 2.45. The normalized spacial score (nSPS) is 22.1. The number of esters is 1. The molecule has 0 radical (unpaired) electrons. The number of benzene rings is 2. The molecule has 7 nitrogen and oxygen atoms in total. The van der Waals surface area contributed by atoms with E-state index in [2.05, 4.69) is 0 Å². The number of rotatable bonds is 7. The highest BCUT2D eigenvalue weighted by molar-refractivity contribution is 6.09. The molecule has 34 heavy (non-hydrogen) atoms. The van der Waals surface area contributed by atoms with Crippen LogP contribution in [-0.2, 0) is 19.1 Å². The molecule has 0 aromatic heterocycles. The van der Waals surface area contributed by atoms with Gasteiger partial charge in [0.15, 0.2) is 5.78 Å². The molecule has 0 saturated carbocycles. The van der Waals surface area contributed by atoms with Crippen molar-refractivity contribution in [2.75, 3.05) is 27.4 Å². The van der Waals surface area contributed by atoms with Crippen LogP contribution >= 0.6 is 0 Å². The summed E-state index contributed by atoms with van der Waals surface area (Å²) >= 11 is 0. The van der Waals surface area contributed by atoms with E-state index in [1.165, 1.54) is 7.11 Å². The molecule has 4 rings (SSSR count). The monoisotopic (exact) mass is 463 g/mol. The number of hydrogen-bond acceptors (Lipinski definition) is 7. The molecule has 0 amide bonds. The Hall–Kier alpha value is -3.45. The summed E-state index contributed by atoms with van der Waals surface area (Å²) in [5, 5.41) is 10.7. The minimum Gasteiger partial charge on any atom is -0.508 e. The molecule has 1 aliphatic heterocycles. The van der Waals surface area contributed by atoms with E-state index >= 15 is 0 Å². The first-order valence-electron chi connectivity index (χ1n) is 11.3. The third kappa shape index (κ3) is 4.48. The van der Waals surface area contributed by atoms with E-state index in [0.29, 0.717) is 29.0 Å².